The molecule has 2 aliphatic rings. The second-order valence-electron chi connectivity index (χ2n) is 5.69. The molecule has 2 heterocycles. The van der Waals surface area contributed by atoms with Crippen molar-refractivity contribution in [1.29, 1.82) is 0 Å². The molecule has 0 amide bonds. The van der Waals surface area contributed by atoms with Crippen molar-refractivity contribution in [2.45, 2.75) is 13.3 Å². The van der Waals surface area contributed by atoms with Gasteiger partial charge in [-0.15, -0.1) is 5.53 Å². The fourth-order valence-corrected chi connectivity index (χ4v) is 3.26. The van der Waals surface area contributed by atoms with Crippen molar-refractivity contribution >= 4 is 23.0 Å². The highest BCUT2D eigenvalue weighted by Gasteiger charge is 2.38. The van der Waals surface area contributed by atoms with Crippen LogP contribution in [0.5, 0.6) is 0 Å². The lowest BCUT2D eigenvalue weighted by atomic mass is 9.92. The first-order valence-electron chi connectivity index (χ1n) is 7.28. The fourth-order valence-electron chi connectivity index (χ4n) is 3.14. The topological polar surface area (TPSA) is 38.7 Å². The fraction of sp³-hybridized carbons (Fsp3) is 0.176. The number of benzene rings is 2. The monoisotopic (exact) mass is 313 g/mol. The van der Waals surface area contributed by atoms with Crippen LogP contribution in [0.15, 0.2) is 60.1 Å². The average molecular weight is 314 g/mol. The molecule has 2 aromatic rings. The maximum Gasteiger partial charge on any atom is 0.229 e. The maximum absolute atomic E-state index is 10.7. The Hall–Kier alpha value is -2.17. The van der Waals surface area contributed by atoms with Crippen LogP contribution in [0.2, 0.25) is 5.02 Å². The van der Waals surface area contributed by atoms with E-state index in [4.69, 9.17) is 11.6 Å². The van der Waals surface area contributed by atoms with E-state index < -0.39 is 0 Å². The number of para-hydroxylation sites is 1. The summed E-state index contributed by atoms with van der Waals surface area (Å²) in [5.41, 5.74) is 7.36. The molecule has 0 saturated carbocycles. The van der Waals surface area contributed by atoms with E-state index in [0.717, 1.165) is 23.5 Å². The van der Waals surface area contributed by atoms with E-state index in [1.165, 1.54) is 5.56 Å². The lowest BCUT2D eigenvalue weighted by molar-refractivity contribution is 0.382. The smallest absolute Gasteiger partial charge is 0.229 e. The molecule has 1 atom stereocenters. The molecule has 0 bridgehead atoms. The van der Waals surface area contributed by atoms with Crippen LogP contribution < -0.4 is 15.6 Å². The molecule has 0 aliphatic carbocycles. The minimum Gasteiger partial charge on any atom is -0.492 e. The minimum atomic E-state index is 0.236. The number of hydrogen-bond donors (Lipinski definition) is 2. The summed E-state index contributed by atoms with van der Waals surface area (Å²) in [6.07, 6.45) is 0.919. The van der Waals surface area contributed by atoms with E-state index in [1.807, 2.05) is 41.4 Å². The third-order valence-electron chi connectivity index (χ3n) is 4.19. The van der Waals surface area contributed by atoms with Gasteiger partial charge in [0.25, 0.3) is 0 Å². The second kappa shape index (κ2) is 4.93. The van der Waals surface area contributed by atoms with Crippen molar-refractivity contribution in [3.8, 4) is 0 Å². The Bertz CT molecular complexity index is 757. The summed E-state index contributed by atoms with van der Waals surface area (Å²) < 4.78 is 0. The standard InChI is InChI=1S/C17H16ClN3O/c1-11-10-12-4-2-3-5-15(12)21-16(11)17(22)20(19-21)14-8-6-13(18)7-9-14/h2-9,11,19,22H,10H2,1H3. The number of nitrogens with one attached hydrogen (secondary N) is 1. The first-order valence-corrected chi connectivity index (χ1v) is 7.66. The second-order valence-corrected chi connectivity index (χ2v) is 6.13. The summed E-state index contributed by atoms with van der Waals surface area (Å²) in [6, 6.07) is 15.6. The molecular formula is C17H16ClN3O. The number of rotatable bonds is 1. The SMILES string of the molecule is CC1Cc2ccccc2N2NN(c3ccc(Cl)cc3)C(O)=C12. The lowest BCUT2D eigenvalue weighted by Crippen LogP contribution is -2.44. The van der Waals surface area contributed by atoms with Crippen molar-refractivity contribution in [3.05, 3.63) is 70.7 Å². The van der Waals surface area contributed by atoms with E-state index >= 15 is 0 Å². The number of halogens is 1. The van der Waals surface area contributed by atoms with Gasteiger partial charge in [-0.25, -0.2) is 5.01 Å². The average Bonchev–Trinajstić information content (AvgIpc) is 2.87. The van der Waals surface area contributed by atoms with E-state index in [1.54, 1.807) is 5.01 Å². The maximum atomic E-state index is 10.7. The molecule has 0 spiro atoms. The predicted molar refractivity (Wildman–Crippen MR) is 88.5 cm³/mol. The van der Waals surface area contributed by atoms with Crippen LogP contribution in [-0.4, -0.2) is 5.11 Å². The summed E-state index contributed by atoms with van der Waals surface area (Å²) in [7, 11) is 0. The van der Waals surface area contributed by atoms with Gasteiger partial charge in [0.15, 0.2) is 0 Å². The minimum absolute atomic E-state index is 0.236. The molecule has 0 aromatic heterocycles. The molecule has 1 unspecified atom stereocenters. The van der Waals surface area contributed by atoms with E-state index in [2.05, 4.69) is 24.6 Å². The highest BCUT2D eigenvalue weighted by atomic mass is 35.5. The molecule has 4 rings (SSSR count). The number of anilines is 2. The van der Waals surface area contributed by atoms with Gasteiger partial charge < -0.3 is 5.11 Å². The molecule has 2 N–H and O–H groups in total. The number of allylic oxidation sites excluding steroid dienone is 1. The van der Waals surface area contributed by atoms with E-state index in [9.17, 15) is 5.11 Å². The predicted octanol–water partition coefficient (Wildman–Crippen LogP) is 4.01. The Balaban J connectivity index is 1.78. The molecule has 4 nitrogen and oxygen atoms in total. The van der Waals surface area contributed by atoms with Gasteiger partial charge >= 0.3 is 0 Å². The molecule has 5 heteroatoms. The highest BCUT2D eigenvalue weighted by Crippen LogP contribution is 2.40. The Morgan fingerprint density at radius 3 is 2.59 bits per heavy atom. The van der Waals surface area contributed by atoms with Gasteiger partial charge in [0.05, 0.1) is 11.4 Å². The molecule has 2 aromatic carbocycles. The number of hydrogen-bond acceptors (Lipinski definition) is 4. The van der Waals surface area contributed by atoms with Crippen LogP contribution in [0.3, 0.4) is 0 Å². The normalized spacial score (nSPS) is 20.2. The Morgan fingerprint density at radius 1 is 1.09 bits per heavy atom. The third kappa shape index (κ3) is 1.95. The first-order chi connectivity index (χ1) is 10.6. The van der Waals surface area contributed by atoms with Crippen molar-refractivity contribution < 1.29 is 5.11 Å². The number of hydrazine groups is 2. The molecule has 0 fully saturated rings. The lowest BCUT2D eigenvalue weighted by Gasteiger charge is -2.32. The van der Waals surface area contributed by atoms with Gasteiger partial charge in [-0.05, 0) is 42.3 Å². The van der Waals surface area contributed by atoms with Crippen LogP contribution in [0.4, 0.5) is 11.4 Å². The number of fused-ring (bicyclic) bond motifs is 3. The van der Waals surface area contributed by atoms with Crippen LogP contribution in [-0.2, 0) is 6.42 Å². The zero-order valence-electron chi connectivity index (χ0n) is 12.1. The van der Waals surface area contributed by atoms with E-state index in [0.29, 0.717) is 5.02 Å². The number of aliphatic hydroxyl groups excluding tert-OH is 1. The summed E-state index contributed by atoms with van der Waals surface area (Å²) in [6.45, 7) is 2.13. The van der Waals surface area contributed by atoms with Crippen LogP contribution >= 0.6 is 11.6 Å². The summed E-state index contributed by atoms with van der Waals surface area (Å²) in [5, 5.41) is 15.0. The Morgan fingerprint density at radius 2 is 1.82 bits per heavy atom. The van der Waals surface area contributed by atoms with Crippen molar-refractivity contribution in [1.82, 2.24) is 5.53 Å². The Kier molecular flexibility index (Phi) is 3.03. The number of nitrogens with zero attached hydrogens (tertiary/aromatic N) is 2. The number of aliphatic hydroxyl groups is 1. The molecule has 112 valence electrons. The molecule has 0 radical (unpaired) electrons. The zero-order valence-corrected chi connectivity index (χ0v) is 12.9. The van der Waals surface area contributed by atoms with Gasteiger partial charge in [0, 0.05) is 10.9 Å². The summed E-state index contributed by atoms with van der Waals surface area (Å²) in [5.74, 6) is 0.476. The molecule has 2 aliphatic heterocycles. The quantitative estimate of drug-likeness (QED) is 0.834. The van der Waals surface area contributed by atoms with Gasteiger partial charge in [-0.2, -0.15) is 0 Å². The third-order valence-corrected chi connectivity index (χ3v) is 4.44. The largest absolute Gasteiger partial charge is 0.492 e. The summed E-state index contributed by atoms with van der Waals surface area (Å²) >= 11 is 5.94. The highest BCUT2D eigenvalue weighted by molar-refractivity contribution is 6.30. The zero-order chi connectivity index (χ0) is 15.3. The van der Waals surface area contributed by atoms with Gasteiger partial charge in [0.1, 0.15) is 5.70 Å². The van der Waals surface area contributed by atoms with Crippen molar-refractivity contribution in [2.75, 3.05) is 10.0 Å². The van der Waals surface area contributed by atoms with Gasteiger partial charge in [-0.3, -0.25) is 5.01 Å². The first kappa shape index (κ1) is 13.5. The summed E-state index contributed by atoms with van der Waals surface area (Å²) in [4.78, 5) is 0. The molecular weight excluding hydrogens is 298 g/mol. The van der Waals surface area contributed by atoms with Gasteiger partial charge in [0.2, 0.25) is 5.88 Å². The molecule has 22 heavy (non-hydrogen) atoms. The van der Waals surface area contributed by atoms with Crippen molar-refractivity contribution in [3.63, 3.8) is 0 Å². The van der Waals surface area contributed by atoms with Gasteiger partial charge in [-0.1, -0.05) is 36.7 Å². The molecule has 0 saturated heterocycles. The van der Waals surface area contributed by atoms with Crippen LogP contribution in [0, 0.1) is 5.92 Å². The Labute approximate surface area is 134 Å². The van der Waals surface area contributed by atoms with E-state index in [-0.39, 0.29) is 11.8 Å². The van der Waals surface area contributed by atoms with Crippen molar-refractivity contribution in [2.24, 2.45) is 5.92 Å². The van der Waals surface area contributed by atoms with Crippen LogP contribution in [0.25, 0.3) is 0 Å². The van der Waals surface area contributed by atoms with Crippen LogP contribution in [0.1, 0.15) is 12.5 Å².